The zero-order chi connectivity index (χ0) is 24.5. The second-order valence-corrected chi connectivity index (χ2v) is 8.16. The number of halogens is 2. The highest BCUT2D eigenvalue weighted by Gasteiger charge is 2.27. The van der Waals surface area contributed by atoms with Crippen molar-refractivity contribution in [3.8, 4) is 5.75 Å². The number of carbonyl (C=O) groups excluding carboxylic acids is 1. The van der Waals surface area contributed by atoms with Crippen LogP contribution in [0.2, 0.25) is 0 Å². The third-order valence-corrected chi connectivity index (χ3v) is 5.42. The number of ether oxygens (including phenoxy) is 3. The summed E-state index contributed by atoms with van der Waals surface area (Å²) in [6.45, 7) is 2.82. The molecule has 1 fully saturated rings. The zero-order valence-electron chi connectivity index (χ0n) is 19.0. The van der Waals surface area contributed by atoms with Crippen molar-refractivity contribution in [2.24, 2.45) is 5.92 Å². The molecule has 0 saturated heterocycles. The van der Waals surface area contributed by atoms with Gasteiger partial charge in [-0.1, -0.05) is 12.1 Å². The summed E-state index contributed by atoms with van der Waals surface area (Å²) in [5, 5.41) is 9.20. The van der Waals surface area contributed by atoms with E-state index in [2.05, 4.69) is 0 Å². The summed E-state index contributed by atoms with van der Waals surface area (Å²) in [4.78, 5) is 25.3. The van der Waals surface area contributed by atoms with Gasteiger partial charge in [-0.2, -0.15) is 0 Å². The zero-order valence-corrected chi connectivity index (χ0v) is 19.0. The third kappa shape index (κ3) is 7.98. The summed E-state index contributed by atoms with van der Waals surface area (Å²) in [7, 11) is 0. The predicted octanol–water partition coefficient (Wildman–Crippen LogP) is 4.42. The summed E-state index contributed by atoms with van der Waals surface area (Å²) in [6, 6.07) is 10.1. The Kier molecular flexibility index (Phi) is 9.21. The molecular weight excluding hydrogens is 448 g/mol. The van der Waals surface area contributed by atoms with Crippen LogP contribution in [0.1, 0.15) is 30.9 Å². The first-order chi connectivity index (χ1) is 16.4. The molecular formula is C25H29F2NO6. The highest BCUT2D eigenvalue weighted by molar-refractivity contribution is 5.72. The molecule has 0 spiro atoms. The first-order valence-corrected chi connectivity index (χ1v) is 11.3. The van der Waals surface area contributed by atoms with Crippen LogP contribution in [0.25, 0.3) is 0 Å². The minimum Gasteiger partial charge on any atom is -0.492 e. The molecule has 1 saturated carbocycles. The summed E-state index contributed by atoms with van der Waals surface area (Å²) < 4.78 is 43.0. The number of hydrogen-bond acceptors (Lipinski definition) is 5. The van der Waals surface area contributed by atoms with Gasteiger partial charge in [-0.05, 0) is 55.5 Å². The minimum atomic E-state index is -1.01. The second kappa shape index (κ2) is 12.3. The molecule has 0 bridgehead atoms. The van der Waals surface area contributed by atoms with Crippen molar-refractivity contribution in [1.82, 2.24) is 4.90 Å². The van der Waals surface area contributed by atoms with Crippen LogP contribution < -0.4 is 4.74 Å². The number of nitrogens with zero attached hydrogens (tertiary/aromatic N) is 1. The van der Waals surface area contributed by atoms with Crippen LogP contribution in [0.4, 0.5) is 13.6 Å². The lowest BCUT2D eigenvalue weighted by Gasteiger charge is -2.22. The molecule has 3 rings (SSSR count). The van der Waals surface area contributed by atoms with Crippen molar-refractivity contribution in [2.75, 3.05) is 26.3 Å². The SMILES string of the molecule is CCOC(Cc1ccc(OCCN(CC2CC2)C(=O)OCc2ccc(F)cc2F)cc1)C(=O)O. The van der Waals surface area contributed by atoms with Crippen LogP contribution in [0.3, 0.4) is 0 Å². The van der Waals surface area contributed by atoms with Crippen LogP contribution in [0.5, 0.6) is 5.75 Å². The summed E-state index contributed by atoms with van der Waals surface area (Å²) >= 11 is 0. The molecule has 0 heterocycles. The number of amides is 1. The van der Waals surface area contributed by atoms with Gasteiger partial charge in [-0.15, -0.1) is 0 Å². The van der Waals surface area contributed by atoms with E-state index in [-0.39, 0.29) is 31.7 Å². The number of aliphatic carboxylic acids is 1. The topological polar surface area (TPSA) is 85.3 Å². The summed E-state index contributed by atoms with van der Waals surface area (Å²) in [6.07, 6.45) is 0.849. The Bertz CT molecular complexity index is 964. The molecule has 1 amide bonds. The molecule has 34 heavy (non-hydrogen) atoms. The van der Waals surface area contributed by atoms with Crippen molar-refractivity contribution >= 4 is 12.1 Å². The van der Waals surface area contributed by atoms with Gasteiger partial charge in [0.25, 0.3) is 0 Å². The molecule has 2 aromatic carbocycles. The maximum atomic E-state index is 13.8. The molecule has 1 unspecified atom stereocenters. The molecule has 9 heteroatoms. The second-order valence-electron chi connectivity index (χ2n) is 8.16. The smallest absolute Gasteiger partial charge is 0.410 e. The molecule has 1 N–H and O–H groups in total. The van der Waals surface area contributed by atoms with E-state index in [4.69, 9.17) is 14.2 Å². The van der Waals surface area contributed by atoms with E-state index < -0.39 is 29.8 Å². The number of hydrogen-bond donors (Lipinski definition) is 1. The molecule has 0 aliphatic heterocycles. The van der Waals surface area contributed by atoms with E-state index in [0.717, 1.165) is 30.5 Å². The molecule has 7 nitrogen and oxygen atoms in total. The van der Waals surface area contributed by atoms with E-state index in [1.165, 1.54) is 11.0 Å². The molecule has 2 aromatic rings. The first-order valence-electron chi connectivity index (χ1n) is 11.3. The fourth-order valence-electron chi connectivity index (χ4n) is 3.37. The Morgan fingerprint density at radius 1 is 1.15 bits per heavy atom. The normalized spacial score (nSPS) is 13.9. The number of carboxylic acid groups (broad SMARTS) is 1. The fourth-order valence-corrected chi connectivity index (χ4v) is 3.37. The average Bonchev–Trinajstić information content (AvgIpc) is 3.62. The van der Waals surface area contributed by atoms with Gasteiger partial charge in [0.2, 0.25) is 0 Å². The van der Waals surface area contributed by atoms with E-state index in [0.29, 0.717) is 24.8 Å². The van der Waals surface area contributed by atoms with Crippen molar-refractivity contribution < 1.29 is 37.7 Å². The predicted molar refractivity (Wildman–Crippen MR) is 120 cm³/mol. The van der Waals surface area contributed by atoms with Gasteiger partial charge >= 0.3 is 12.1 Å². The Morgan fingerprint density at radius 3 is 2.50 bits per heavy atom. The van der Waals surface area contributed by atoms with Gasteiger partial charge in [0.1, 0.15) is 30.6 Å². The highest BCUT2D eigenvalue weighted by atomic mass is 19.1. The van der Waals surface area contributed by atoms with Gasteiger partial charge in [-0.25, -0.2) is 18.4 Å². The summed E-state index contributed by atoms with van der Waals surface area (Å²) in [5.41, 5.74) is 0.909. The number of benzene rings is 2. The van der Waals surface area contributed by atoms with E-state index in [9.17, 15) is 23.5 Å². The lowest BCUT2D eigenvalue weighted by molar-refractivity contribution is -0.149. The van der Waals surface area contributed by atoms with Gasteiger partial charge in [0.05, 0.1) is 6.54 Å². The lowest BCUT2D eigenvalue weighted by Crippen LogP contribution is -2.36. The van der Waals surface area contributed by atoms with E-state index in [1.807, 2.05) is 0 Å². The molecule has 184 valence electrons. The molecule has 0 radical (unpaired) electrons. The van der Waals surface area contributed by atoms with Gasteiger partial charge in [0, 0.05) is 31.2 Å². The van der Waals surface area contributed by atoms with Crippen LogP contribution >= 0.6 is 0 Å². The van der Waals surface area contributed by atoms with Crippen LogP contribution in [-0.2, 0) is 27.3 Å². The summed E-state index contributed by atoms with van der Waals surface area (Å²) in [5.74, 6) is -1.46. The van der Waals surface area contributed by atoms with Crippen LogP contribution in [0, 0.1) is 17.6 Å². The number of carboxylic acids is 1. The van der Waals surface area contributed by atoms with Gasteiger partial charge in [0.15, 0.2) is 6.10 Å². The standard InChI is InChI=1S/C25H29F2NO6/c1-2-32-23(24(29)30)13-17-5-9-21(10-6-17)33-12-11-28(15-18-3-4-18)25(31)34-16-19-7-8-20(26)14-22(19)27/h5-10,14,18,23H,2-4,11-13,15-16H2,1H3,(H,29,30). The maximum Gasteiger partial charge on any atom is 0.410 e. The van der Waals surface area contributed by atoms with Crippen molar-refractivity contribution in [1.29, 1.82) is 0 Å². The fraction of sp³-hybridized carbons (Fsp3) is 0.440. The average molecular weight is 478 g/mol. The van der Waals surface area contributed by atoms with Gasteiger partial charge in [-0.3, -0.25) is 0 Å². The Hall–Kier alpha value is -3.20. The molecule has 1 atom stereocenters. The van der Waals surface area contributed by atoms with Crippen LogP contribution in [0.15, 0.2) is 42.5 Å². The third-order valence-electron chi connectivity index (χ3n) is 5.42. The Balaban J connectivity index is 1.48. The lowest BCUT2D eigenvalue weighted by atomic mass is 10.1. The van der Waals surface area contributed by atoms with E-state index >= 15 is 0 Å². The molecule has 0 aromatic heterocycles. The Morgan fingerprint density at radius 2 is 1.88 bits per heavy atom. The van der Waals surface area contributed by atoms with Crippen molar-refractivity contribution in [2.45, 2.75) is 38.9 Å². The monoisotopic (exact) mass is 477 g/mol. The van der Waals surface area contributed by atoms with Crippen LogP contribution in [-0.4, -0.2) is 54.5 Å². The minimum absolute atomic E-state index is 0.104. The maximum absolute atomic E-state index is 13.8. The first kappa shape index (κ1) is 25.4. The Labute approximate surface area is 197 Å². The number of carbonyl (C=O) groups is 2. The number of rotatable bonds is 13. The molecule has 1 aliphatic carbocycles. The quantitative estimate of drug-likeness (QED) is 0.460. The highest BCUT2D eigenvalue weighted by Crippen LogP contribution is 2.30. The van der Waals surface area contributed by atoms with Crippen molar-refractivity contribution in [3.05, 3.63) is 65.2 Å². The van der Waals surface area contributed by atoms with E-state index in [1.54, 1.807) is 31.2 Å². The molecule has 1 aliphatic rings. The largest absolute Gasteiger partial charge is 0.492 e. The van der Waals surface area contributed by atoms with Crippen molar-refractivity contribution in [3.63, 3.8) is 0 Å². The van der Waals surface area contributed by atoms with Gasteiger partial charge < -0.3 is 24.2 Å².